The summed E-state index contributed by atoms with van der Waals surface area (Å²) < 4.78 is 13.4. The third-order valence-electron chi connectivity index (χ3n) is 7.97. The Balaban J connectivity index is 1.41. The Labute approximate surface area is 238 Å². The van der Waals surface area contributed by atoms with E-state index in [0.717, 1.165) is 67.6 Å². The van der Waals surface area contributed by atoms with Crippen molar-refractivity contribution in [2.45, 2.75) is 12.3 Å². The van der Waals surface area contributed by atoms with Gasteiger partial charge in [-0.2, -0.15) is 0 Å². The fraction of sp³-hybridized carbons (Fsp3) is 0.0571. The molecular formula is C35H24NO2PS. The van der Waals surface area contributed by atoms with Gasteiger partial charge in [-0.3, -0.25) is 4.98 Å². The highest BCUT2D eigenvalue weighted by molar-refractivity contribution is 8.26. The fourth-order valence-corrected chi connectivity index (χ4v) is 10.5. The van der Waals surface area contributed by atoms with Gasteiger partial charge < -0.3 is 9.47 Å². The number of hydrogen-bond acceptors (Lipinski definition) is 4. The predicted molar refractivity (Wildman–Crippen MR) is 167 cm³/mol. The van der Waals surface area contributed by atoms with E-state index in [1.807, 2.05) is 30.6 Å². The Morgan fingerprint density at radius 2 is 1.48 bits per heavy atom. The van der Waals surface area contributed by atoms with Crippen molar-refractivity contribution in [1.82, 2.24) is 4.98 Å². The van der Waals surface area contributed by atoms with Gasteiger partial charge in [-0.15, -0.1) is 0 Å². The Morgan fingerprint density at radius 3 is 2.30 bits per heavy atom. The zero-order valence-corrected chi connectivity index (χ0v) is 23.2. The molecule has 0 fully saturated rings. The number of rotatable bonds is 3. The molecule has 4 aromatic carbocycles. The van der Waals surface area contributed by atoms with Gasteiger partial charge >= 0.3 is 0 Å². The van der Waals surface area contributed by atoms with E-state index in [1.54, 1.807) is 0 Å². The fourth-order valence-electron chi connectivity index (χ4n) is 5.98. The lowest BCUT2D eigenvalue weighted by molar-refractivity contribution is 0.467. The Morgan fingerprint density at radius 1 is 0.700 bits per heavy atom. The molecule has 1 aliphatic carbocycles. The van der Waals surface area contributed by atoms with Crippen molar-refractivity contribution in [2.24, 2.45) is 0 Å². The normalized spacial score (nSPS) is 19.6. The number of hydrogen-bond donors (Lipinski definition) is 0. The van der Waals surface area contributed by atoms with Crippen LogP contribution in [-0.4, -0.2) is 4.98 Å². The second-order valence-electron chi connectivity index (χ2n) is 10.3. The lowest BCUT2D eigenvalue weighted by Crippen LogP contribution is -2.35. The molecule has 40 heavy (non-hydrogen) atoms. The molecule has 0 N–H and O–H groups in total. The van der Waals surface area contributed by atoms with Gasteiger partial charge in [0.25, 0.3) is 0 Å². The quantitative estimate of drug-likeness (QED) is 0.208. The van der Waals surface area contributed by atoms with Crippen LogP contribution in [0.4, 0.5) is 0 Å². The summed E-state index contributed by atoms with van der Waals surface area (Å²) in [5.41, 5.74) is 5.58. The third-order valence-corrected chi connectivity index (χ3v) is 12.8. The minimum absolute atomic E-state index is 0.317. The van der Waals surface area contributed by atoms with Crippen LogP contribution in [0.2, 0.25) is 0 Å². The van der Waals surface area contributed by atoms with Crippen LogP contribution < -0.4 is 25.4 Å². The van der Waals surface area contributed by atoms with Crippen molar-refractivity contribution in [3.05, 3.63) is 133 Å². The maximum atomic E-state index is 6.95. The van der Waals surface area contributed by atoms with Gasteiger partial charge in [-0.25, -0.2) is 0 Å². The molecule has 8 rings (SSSR count). The van der Waals surface area contributed by atoms with Gasteiger partial charge in [0.05, 0.1) is 11.3 Å². The Bertz CT molecular complexity index is 1910. The average molecular weight is 554 g/mol. The van der Waals surface area contributed by atoms with Gasteiger partial charge in [0.2, 0.25) is 0 Å². The van der Waals surface area contributed by atoms with Crippen molar-refractivity contribution in [1.29, 1.82) is 0 Å². The largest absolute Gasteiger partial charge is 0.456 e. The van der Waals surface area contributed by atoms with Crippen molar-refractivity contribution in [3.63, 3.8) is 0 Å². The zero-order valence-electron chi connectivity index (χ0n) is 21.5. The lowest BCUT2D eigenvalue weighted by atomic mass is 9.92. The summed E-state index contributed by atoms with van der Waals surface area (Å²) in [6.07, 6.45) is 13.3. The number of pyridine rings is 1. The van der Waals surface area contributed by atoms with E-state index in [9.17, 15) is 0 Å². The van der Waals surface area contributed by atoms with Crippen molar-refractivity contribution in [2.75, 3.05) is 0 Å². The predicted octanol–water partition coefficient (Wildman–Crippen LogP) is 7.98. The SMILES string of the molecule is S=P12c3cc(-c4ccccc4)ccc3Oc3ccc(-c4ccncc4)c(c31)Oc1ccc(C3C=CC=CC3)cc12. The summed E-state index contributed by atoms with van der Waals surface area (Å²) in [7, 11) is 0. The zero-order chi connectivity index (χ0) is 26.7. The summed E-state index contributed by atoms with van der Waals surface area (Å²) >= 11 is 6.95. The summed E-state index contributed by atoms with van der Waals surface area (Å²) in [5, 5.41) is 3.17. The summed E-state index contributed by atoms with van der Waals surface area (Å²) in [5.74, 6) is 3.56. The van der Waals surface area contributed by atoms with Crippen LogP contribution in [0.15, 0.2) is 128 Å². The molecule has 0 bridgehead atoms. The Hall–Kier alpha value is -4.24. The van der Waals surface area contributed by atoms with Crippen LogP contribution in [-0.2, 0) is 11.8 Å². The van der Waals surface area contributed by atoms with Crippen LogP contribution in [0.1, 0.15) is 17.9 Å². The smallest absolute Gasteiger partial charge is 0.148 e. The highest BCUT2D eigenvalue weighted by atomic mass is 32.4. The molecule has 5 heteroatoms. The maximum absolute atomic E-state index is 6.95. The van der Waals surface area contributed by atoms with E-state index < -0.39 is 6.04 Å². The first-order valence-electron chi connectivity index (χ1n) is 13.4. The minimum atomic E-state index is -2.56. The van der Waals surface area contributed by atoms with Crippen LogP contribution >= 0.6 is 6.04 Å². The molecule has 0 radical (unpaired) electrons. The summed E-state index contributed by atoms with van der Waals surface area (Å²) in [4.78, 5) is 4.23. The standard InChI is InChI=1S/C35H24NO2PS/c40-39-32-21-26(23-7-3-1-4-8-23)11-14-29(32)37-31-16-13-28(25-17-19-36-20-18-25)34(35(31)39)38-30-15-12-27(22-33(30)39)24-9-5-2-6-10-24/h1-9,11-22,24H,10H2. The topological polar surface area (TPSA) is 31.4 Å². The van der Waals surface area contributed by atoms with Crippen molar-refractivity contribution in [3.8, 4) is 45.3 Å². The molecule has 2 aliphatic heterocycles. The highest BCUT2D eigenvalue weighted by Crippen LogP contribution is 2.60. The molecule has 2 unspecified atom stereocenters. The first-order valence-corrected chi connectivity index (χ1v) is 16.2. The van der Waals surface area contributed by atoms with Gasteiger partial charge in [-0.1, -0.05) is 78.6 Å². The molecule has 3 heterocycles. The highest BCUT2D eigenvalue weighted by Gasteiger charge is 2.44. The van der Waals surface area contributed by atoms with Crippen LogP contribution in [0.5, 0.6) is 23.0 Å². The molecule has 0 amide bonds. The molecule has 2 atom stereocenters. The summed E-state index contributed by atoms with van der Waals surface area (Å²) in [6, 6.07) is 29.1. The second kappa shape index (κ2) is 9.16. The third kappa shape index (κ3) is 3.57. The minimum Gasteiger partial charge on any atom is -0.456 e. The molecule has 192 valence electrons. The van der Waals surface area contributed by atoms with E-state index in [1.165, 1.54) is 5.56 Å². The first kappa shape index (κ1) is 23.6. The monoisotopic (exact) mass is 553 g/mol. The molecule has 1 aromatic heterocycles. The number of benzene rings is 4. The first-order chi connectivity index (χ1) is 19.7. The molecule has 0 saturated carbocycles. The van der Waals surface area contributed by atoms with Gasteiger partial charge in [0.15, 0.2) is 0 Å². The van der Waals surface area contributed by atoms with E-state index >= 15 is 0 Å². The number of nitrogens with zero attached hydrogens (tertiary/aromatic N) is 1. The average Bonchev–Trinajstić information content (AvgIpc) is 3.02. The molecule has 0 spiro atoms. The van der Waals surface area contributed by atoms with E-state index in [2.05, 4.69) is 102 Å². The number of ether oxygens (including phenoxy) is 2. The van der Waals surface area contributed by atoms with Crippen LogP contribution in [0.3, 0.4) is 0 Å². The van der Waals surface area contributed by atoms with Crippen LogP contribution in [0.25, 0.3) is 22.3 Å². The van der Waals surface area contributed by atoms with Gasteiger partial charge in [0, 0.05) is 34.5 Å². The van der Waals surface area contributed by atoms with Crippen LogP contribution in [0, 0.1) is 0 Å². The second-order valence-corrected chi connectivity index (χ2v) is 14.5. The molecule has 5 aromatic rings. The lowest BCUT2D eigenvalue weighted by Gasteiger charge is -2.38. The number of fused-ring (bicyclic) bond motifs is 4. The molecule has 0 saturated heterocycles. The molecule has 3 nitrogen and oxygen atoms in total. The number of aromatic nitrogens is 1. The van der Waals surface area contributed by atoms with E-state index in [-0.39, 0.29) is 0 Å². The van der Waals surface area contributed by atoms with Crippen molar-refractivity contribution < 1.29 is 9.47 Å². The summed E-state index contributed by atoms with van der Waals surface area (Å²) in [6.45, 7) is 0. The Kier molecular flexibility index (Phi) is 5.41. The van der Waals surface area contributed by atoms with E-state index in [4.69, 9.17) is 21.3 Å². The molecule has 3 aliphatic rings. The van der Waals surface area contributed by atoms with Gasteiger partial charge in [0.1, 0.15) is 23.0 Å². The van der Waals surface area contributed by atoms with Gasteiger partial charge in [-0.05, 0) is 77.2 Å². The van der Waals surface area contributed by atoms with E-state index in [0.29, 0.717) is 5.92 Å². The molecular weight excluding hydrogens is 529 g/mol. The number of allylic oxidation sites excluding steroid dienone is 4. The van der Waals surface area contributed by atoms with Crippen molar-refractivity contribution >= 4 is 33.8 Å². The maximum Gasteiger partial charge on any atom is 0.148 e.